The highest BCUT2D eigenvalue weighted by Crippen LogP contribution is 2.29. The standard InChI is InChI=1S/C17H22N2O2S.ClH/c1-13-5-4-10-19(17(13)12-18)22(20,21)16-9-8-14-6-2-3-7-15(14)11-16;/h2-3,6-9,11,13,17H,4-5,10,12,18H2,1H3;1H. The Bertz CT molecular complexity index is 779. The summed E-state index contributed by atoms with van der Waals surface area (Å²) in [6.07, 6.45) is 1.93. The minimum atomic E-state index is -3.49. The lowest BCUT2D eigenvalue weighted by atomic mass is 9.93. The van der Waals surface area contributed by atoms with E-state index in [0.29, 0.717) is 23.9 Å². The first-order valence-corrected chi connectivity index (χ1v) is 9.19. The van der Waals surface area contributed by atoms with Crippen LogP contribution in [0.5, 0.6) is 0 Å². The van der Waals surface area contributed by atoms with E-state index < -0.39 is 10.0 Å². The monoisotopic (exact) mass is 354 g/mol. The van der Waals surface area contributed by atoms with Gasteiger partial charge in [0, 0.05) is 19.1 Å². The molecule has 3 rings (SSSR count). The maximum Gasteiger partial charge on any atom is 0.243 e. The number of hydrogen-bond acceptors (Lipinski definition) is 3. The van der Waals surface area contributed by atoms with Crippen molar-refractivity contribution in [1.82, 2.24) is 4.31 Å². The summed E-state index contributed by atoms with van der Waals surface area (Å²) in [5.41, 5.74) is 5.84. The number of hydrogen-bond donors (Lipinski definition) is 1. The summed E-state index contributed by atoms with van der Waals surface area (Å²) in [5, 5.41) is 1.99. The van der Waals surface area contributed by atoms with Crippen molar-refractivity contribution in [1.29, 1.82) is 0 Å². The number of piperidine rings is 1. The smallest absolute Gasteiger partial charge is 0.243 e. The second kappa shape index (κ2) is 7.18. The van der Waals surface area contributed by atoms with E-state index in [9.17, 15) is 8.42 Å². The van der Waals surface area contributed by atoms with E-state index in [1.165, 1.54) is 0 Å². The summed E-state index contributed by atoms with van der Waals surface area (Å²) >= 11 is 0. The Morgan fingerprint density at radius 1 is 1.17 bits per heavy atom. The van der Waals surface area contributed by atoms with Crippen molar-refractivity contribution in [3.8, 4) is 0 Å². The van der Waals surface area contributed by atoms with Crippen molar-refractivity contribution in [2.45, 2.75) is 30.7 Å². The molecule has 4 nitrogen and oxygen atoms in total. The van der Waals surface area contributed by atoms with Crippen molar-refractivity contribution in [3.63, 3.8) is 0 Å². The van der Waals surface area contributed by atoms with Gasteiger partial charge in [0.2, 0.25) is 10.0 Å². The Balaban J connectivity index is 0.00000192. The van der Waals surface area contributed by atoms with E-state index in [1.54, 1.807) is 16.4 Å². The molecule has 1 saturated heterocycles. The van der Waals surface area contributed by atoms with Crippen LogP contribution in [0.4, 0.5) is 0 Å². The third-order valence-corrected chi connectivity index (χ3v) is 6.55. The average Bonchev–Trinajstić information content (AvgIpc) is 2.54. The molecule has 126 valence electrons. The fourth-order valence-electron chi connectivity index (χ4n) is 3.32. The highest BCUT2D eigenvalue weighted by Gasteiger charge is 2.36. The summed E-state index contributed by atoms with van der Waals surface area (Å²) in [6, 6.07) is 13.0. The van der Waals surface area contributed by atoms with Crippen molar-refractivity contribution in [3.05, 3.63) is 42.5 Å². The van der Waals surface area contributed by atoms with E-state index >= 15 is 0 Å². The molecule has 2 unspecified atom stereocenters. The molecule has 2 aromatic carbocycles. The van der Waals surface area contributed by atoms with Crippen molar-refractivity contribution in [2.24, 2.45) is 11.7 Å². The maximum atomic E-state index is 13.0. The summed E-state index contributed by atoms with van der Waals surface area (Å²) in [6.45, 7) is 3.01. The molecule has 1 fully saturated rings. The Kier molecular flexibility index (Phi) is 5.68. The molecule has 0 radical (unpaired) electrons. The normalized spacial score (nSPS) is 22.7. The minimum absolute atomic E-state index is 0. The first-order valence-electron chi connectivity index (χ1n) is 7.75. The third kappa shape index (κ3) is 3.38. The number of fused-ring (bicyclic) bond motifs is 1. The zero-order valence-electron chi connectivity index (χ0n) is 13.2. The highest BCUT2D eigenvalue weighted by atomic mass is 35.5. The van der Waals surface area contributed by atoms with Crippen LogP contribution in [0.15, 0.2) is 47.4 Å². The van der Waals surface area contributed by atoms with Crippen LogP contribution >= 0.6 is 12.4 Å². The molecule has 0 saturated carbocycles. The van der Waals surface area contributed by atoms with Gasteiger partial charge in [0.05, 0.1) is 4.90 Å². The molecule has 2 N–H and O–H groups in total. The number of benzene rings is 2. The van der Waals surface area contributed by atoms with Gasteiger partial charge in [-0.2, -0.15) is 4.31 Å². The van der Waals surface area contributed by atoms with Crippen LogP contribution in [0, 0.1) is 5.92 Å². The molecule has 1 aliphatic heterocycles. The van der Waals surface area contributed by atoms with Crippen LogP contribution in [-0.2, 0) is 10.0 Å². The molecule has 0 bridgehead atoms. The van der Waals surface area contributed by atoms with Crippen molar-refractivity contribution >= 4 is 33.2 Å². The van der Waals surface area contributed by atoms with Gasteiger partial charge in [-0.1, -0.05) is 37.3 Å². The van der Waals surface area contributed by atoms with Gasteiger partial charge in [-0.05, 0) is 41.7 Å². The van der Waals surface area contributed by atoms with Crippen LogP contribution < -0.4 is 5.73 Å². The average molecular weight is 355 g/mol. The largest absolute Gasteiger partial charge is 0.329 e. The van der Waals surface area contributed by atoms with Crippen LogP contribution in [-0.4, -0.2) is 31.9 Å². The minimum Gasteiger partial charge on any atom is -0.329 e. The lowest BCUT2D eigenvalue weighted by molar-refractivity contribution is 0.192. The molecule has 2 atom stereocenters. The van der Waals surface area contributed by atoms with Gasteiger partial charge in [-0.25, -0.2) is 8.42 Å². The molecule has 1 heterocycles. The topological polar surface area (TPSA) is 63.4 Å². The first-order chi connectivity index (χ1) is 10.5. The zero-order chi connectivity index (χ0) is 15.7. The van der Waals surface area contributed by atoms with Crippen molar-refractivity contribution in [2.75, 3.05) is 13.1 Å². The zero-order valence-corrected chi connectivity index (χ0v) is 14.8. The van der Waals surface area contributed by atoms with Crippen LogP contribution in [0.2, 0.25) is 0 Å². The van der Waals surface area contributed by atoms with Gasteiger partial charge < -0.3 is 5.73 Å². The molecule has 1 aliphatic rings. The van der Waals surface area contributed by atoms with E-state index in [1.807, 2.05) is 30.3 Å². The summed E-state index contributed by atoms with van der Waals surface area (Å²) in [4.78, 5) is 0.360. The molecule has 0 aromatic heterocycles. The Morgan fingerprint density at radius 2 is 1.87 bits per heavy atom. The molecule has 0 spiro atoms. The highest BCUT2D eigenvalue weighted by molar-refractivity contribution is 7.89. The van der Waals surface area contributed by atoms with E-state index in [0.717, 1.165) is 23.6 Å². The SMILES string of the molecule is CC1CCCN(S(=O)(=O)c2ccc3ccccc3c2)C1CN.Cl. The van der Waals surface area contributed by atoms with Crippen LogP contribution in [0.25, 0.3) is 10.8 Å². The molecule has 6 heteroatoms. The lowest BCUT2D eigenvalue weighted by Crippen LogP contribution is -2.51. The molecule has 0 amide bonds. The molecule has 23 heavy (non-hydrogen) atoms. The number of nitrogens with two attached hydrogens (primary N) is 1. The first kappa shape index (κ1) is 18.2. The third-order valence-electron chi connectivity index (χ3n) is 4.63. The van der Waals surface area contributed by atoms with Gasteiger partial charge in [0.25, 0.3) is 0 Å². The second-order valence-electron chi connectivity index (χ2n) is 6.05. The predicted octanol–water partition coefficient (Wildman–Crippen LogP) is 3.01. The van der Waals surface area contributed by atoms with Crippen LogP contribution in [0.3, 0.4) is 0 Å². The summed E-state index contributed by atoms with van der Waals surface area (Å²) in [7, 11) is -3.49. The Hall–Kier alpha value is -1.14. The predicted molar refractivity (Wildman–Crippen MR) is 96.3 cm³/mol. The second-order valence-corrected chi connectivity index (χ2v) is 7.94. The van der Waals surface area contributed by atoms with Crippen LogP contribution in [0.1, 0.15) is 19.8 Å². The molecule has 0 aliphatic carbocycles. The van der Waals surface area contributed by atoms with Gasteiger partial charge in [-0.3, -0.25) is 0 Å². The molecule has 2 aromatic rings. The number of sulfonamides is 1. The van der Waals surface area contributed by atoms with Gasteiger partial charge in [-0.15, -0.1) is 12.4 Å². The molecular weight excluding hydrogens is 332 g/mol. The Labute approximate surface area is 144 Å². The number of halogens is 1. The Morgan fingerprint density at radius 3 is 2.57 bits per heavy atom. The van der Waals surface area contributed by atoms with E-state index in [2.05, 4.69) is 6.92 Å². The fourth-order valence-corrected chi connectivity index (χ4v) is 5.13. The number of nitrogens with zero attached hydrogens (tertiary/aromatic N) is 1. The lowest BCUT2D eigenvalue weighted by Gasteiger charge is -2.38. The summed E-state index contributed by atoms with van der Waals surface area (Å²) < 4.78 is 27.6. The molecular formula is C17H23ClN2O2S. The summed E-state index contributed by atoms with van der Waals surface area (Å²) in [5.74, 6) is 0.300. The van der Waals surface area contributed by atoms with Gasteiger partial charge >= 0.3 is 0 Å². The van der Waals surface area contributed by atoms with E-state index in [-0.39, 0.29) is 18.4 Å². The number of rotatable bonds is 3. The van der Waals surface area contributed by atoms with Gasteiger partial charge in [0.1, 0.15) is 0 Å². The quantitative estimate of drug-likeness (QED) is 0.921. The fraction of sp³-hybridized carbons (Fsp3) is 0.412. The van der Waals surface area contributed by atoms with Crippen molar-refractivity contribution < 1.29 is 8.42 Å². The maximum absolute atomic E-state index is 13.0. The van der Waals surface area contributed by atoms with Gasteiger partial charge in [0.15, 0.2) is 0 Å². The van der Waals surface area contributed by atoms with E-state index in [4.69, 9.17) is 5.73 Å².